The lowest BCUT2D eigenvalue weighted by molar-refractivity contribution is 0.134. The highest BCUT2D eigenvalue weighted by Gasteiger charge is 2.15. The van der Waals surface area contributed by atoms with Crippen LogP contribution in [0.3, 0.4) is 0 Å². The molecule has 1 aromatic rings. The molecule has 1 rings (SSSR count). The molecule has 0 bridgehead atoms. The fourth-order valence-corrected chi connectivity index (χ4v) is 1.65. The van der Waals surface area contributed by atoms with Crippen LogP contribution in [0.15, 0.2) is 28.7 Å². The molecule has 0 saturated carbocycles. The van der Waals surface area contributed by atoms with Gasteiger partial charge in [-0.1, -0.05) is 41.4 Å². The lowest BCUT2D eigenvalue weighted by Crippen LogP contribution is -2.25. The number of nitrogens with two attached hydrogens (primary N) is 1. The van der Waals surface area contributed by atoms with E-state index in [1.807, 2.05) is 31.2 Å². The van der Waals surface area contributed by atoms with Crippen molar-refractivity contribution >= 4 is 15.9 Å². The Hall–Kier alpha value is -0.380. The minimum atomic E-state index is -0.443. The van der Waals surface area contributed by atoms with Crippen molar-refractivity contribution < 1.29 is 5.11 Å². The Kier molecular flexibility index (Phi) is 4.58. The average molecular weight is 258 g/mol. The fraction of sp³-hybridized carbons (Fsp3) is 0.455. The molecule has 0 aromatic heterocycles. The van der Waals surface area contributed by atoms with Crippen LogP contribution in [-0.2, 0) is 0 Å². The first-order valence-corrected chi connectivity index (χ1v) is 5.63. The molecule has 2 nitrogen and oxygen atoms in total. The highest BCUT2D eigenvalue weighted by atomic mass is 79.9. The number of aliphatic hydroxyl groups excluding tert-OH is 1. The van der Waals surface area contributed by atoms with E-state index in [4.69, 9.17) is 5.73 Å². The van der Waals surface area contributed by atoms with Crippen LogP contribution in [-0.4, -0.2) is 11.2 Å². The molecule has 0 fully saturated rings. The molecule has 0 aliphatic heterocycles. The average Bonchev–Trinajstić information content (AvgIpc) is 2.18. The lowest BCUT2D eigenvalue weighted by Gasteiger charge is -2.18. The van der Waals surface area contributed by atoms with Crippen LogP contribution < -0.4 is 5.73 Å². The molecule has 0 unspecified atom stereocenters. The van der Waals surface area contributed by atoms with Crippen LogP contribution >= 0.6 is 15.9 Å². The van der Waals surface area contributed by atoms with Crippen molar-refractivity contribution in [3.63, 3.8) is 0 Å². The monoisotopic (exact) mass is 257 g/mol. The van der Waals surface area contributed by atoms with Gasteiger partial charge in [0.1, 0.15) is 0 Å². The Morgan fingerprint density at radius 3 is 2.43 bits per heavy atom. The Bertz CT molecular complexity index is 273. The molecule has 0 amide bonds. The zero-order chi connectivity index (χ0) is 10.6. The van der Waals surface area contributed by atoms with Gasteiger partial charge < -0.3 is 10.8 Å². The van der Waals surface area contributed by atoms with E-state index < -0.39 is 6.10 Å². The first-order valence-electron chi connectivity index (χ1n) is 4.84. The van der Waals surface area contributed by atoms with Gasteiger partial charge in [0.2, 0.25) is 0 Å². The quantitative estimate of drug-likeness (QED) is 0.872. The first kappa shape index (κ1) is 11.7. The van der Waals surface area contributed by atoms with Gasteiger partial charge in [0.05, 0.1) is 12.1 Å². The predicted octanol–water partition coefficient (Wildman–Crippen LogP) is 2.61. The van der Waals surface area contributed by atoms with Crippen molar-refractivity contribution in [1.29, 1.82) is 0 Å². The molecule has 0 aliphatic rings. The van der Waals surface area contributed by atoms with Crippen molar-refractivity contribution in [2.24, 2.45) is 5.73 Å². The summed E-state index contributed by atoms with van der Waals surface area (Å²) in [6, 6.07) is 7.48. The van der Waals surface area contributed by atoms with E-state index >= 15 is 0 Å². The summed E-state index contributed by atoms with van der Waals surface area (Å²) < 4.78 is 1.03. The summed E-state index contributed by atoms with van der Waals surface area (Å²) in [7, 11) is 0. The molecule has 1 aromatic carbocycles. The maximum Gasteiger partial charge on any atom is 0.0732 e. The predicted molar refractivity (Wildman–Crippen MR) is 62.0 cm³/mol. The molecule has 3 N–H and O–H groups in total. The summed E-state index contributed by atoms with van der Waals surface area (Å²) >= 11 is 3.36. The normalized spacial score (nSPS) is 15.1. The van der Waals surface area contributed by atoms with Crippen LogP contribution in [0, 0.1) is 0 Å². The van der Waals surface area contributed by atoms with E-state index in [0.29, 0.717) is 0 Å². The van der Waals surface area contributed by atoms with E-state index in [1.165, 1.54) is 0 Å². The lowest BCUT2D eigenvalue weighted by atomic mass is 9.99. The Balaban J connectivity index is 2.68. The van der Waals surface area contributed by atoms with Gasteiger partial charge in [0.25, 0.3) is 0 Å². The summed E-state index contributed by atoms with van der Waals surface area (Å²) in [5.74, 6) is 0. The molecule has 2 atom stereocenters. The van der Waals surface area contributed by atoms with E-state index in [0.717, 1.165) is 22.9 Å². The molecule has 14 heavy (non-hydrogen) atoms. The topological polar surface area (TPSA) is 46.2 Å². The summed E-state index contributed by atoms with van der Waals surface area (Å²) in [5, 5.41) is 9.70. The molecule has 0 heterocycles. The molecular weight excluding hydrogens is 242 g/mol. The SMILES string of the molecule is CCC[C@H](O)[C@H](N)c1ccc(Br)cc1. The number of hydrogen-bond acceptors (Lipinski definition) is 2. The van der Waals surface area contributed by atoms with Crippen LogP contribution in [0.5, 0.6) is 0 Å². The molecule has 0 spiro atoms. The second-order valence-electron chi connectivity index (χ2n) is 3.43. The molecule has 0 saturated heterocycles. The largest absolute Gasteiger partial charge is 0.391 e. The van der Waals surface area contributed by atoms with Crippen molar-refractivity contribution in [3.05, 3.63) is 34.3 Å². The second kappa shape index (κ2) is 5.49. The highest BCUT2D eigenvalue weighted by molar-refractivity contribution is 9.10. The van der Waals surface area contributed by atoms with Gasteiger partial charge in [-0.3, -0.25) is 0 Å². The Labute approximate surface area is 93.3 Å². The smallest absolute Gasteiger partial charge is 0.0732 e. The number of aliphatic hydroxyl groups is 1. The summed E-state index contributed by atoms with van der Waals surface area (Å²) in [4.78, 5) is 0. The Morgan fingerprint density at radius 2 is 1.93 bits per heavy atom. The van der Waals surface area contributed by atoms with Crippen LogP contribution in [0.1, 0.15) is 31.4 Å². The number of halogens is 1. The maximum absolute atomic E-state index is 9.70. The van der Waals surface area contributed by atoms with Crippen molar-refractivity contribution in [1.82, 2.24) is 0 Å². The van der Waals surface area contributed by atoms with E-state index in [2.05, 4.69) is 15.9 Å². The van der Waals surface area contributed by atoms with E-state index in [1.54, 1.807) is 0 Å². The molecule has 0 aliphatic carbocycles. The number of hydrogen-bond donors (Lipinski definition) is 2. The Morgan fingerprint density at radius 1 is 1.36 bits per heavy atom. The van der Waals surface area contributed by atoms with Gasteiger partial charge >= 0.3 is 0 Å². The maximum atomic E-state index is 9.70. The number of benzene rings is 1. The van der Waals surface area contributed by atoms with Gasteiger partial charge in [-0.15, -0.1) is 0 Å². The first-order chi connectivity index (χ1) is 6.65. The minimum Gasteiger partial charge on any atom is -0.391 e. The zero-order valence-corrected chi connectivity index (χ0v) is 9.87. The zero-order valence-electron chi connectivity index (χ0n) is 8.28. The molecule has 3 heteroatoms. The second-order valence-corrected chi connectivity index (χ2v) is 4.35. The van der Waals surface area contributed by atoms with E-state index in [9.17, 15) is 5.11 Å². The summed E-state index contributed by atoms with van der Waals surface area (Å²) in [5.41, 5.74) is 6.89. The fourth-order valence-electron chi connectivity index (χ4n) is 1.38. The van der Waals surface area contributed by atoms with Crippen molar-refractivity contribution in [2.75, 3.05) is 0 Å². The minimum absolute atomic E-state index is 0.275. The van der Waals surface area contributed by atoms with Crippen molar-refractivity contribution in [3.8, 4) is 0 Å². The van der Waals surface area contributed by atoms with Crippen LogP contribution in [0.2, 0.25) is 0 Å². The third-order valence-corrected chi connectivity index (χ3v) is 2.78. The third kappa shape index (κ3) is 3.08. The molecule has 0 radical (unpaired) electrons. The van der Waals surface area contributed by atoms with E-state index in [-0.39, 0.29) is 6.04 Å². The highest BCUT2D eigenvalue weighted by Crippen LogP contribution is 2.19. The summed E-state index contributed by atoms with van der Waals surface area (Å²) in [6.45, 7) is 2.04. The number of rotatable bonds is 4. The van der Waals surface area contributed by atoms with Gasteiger partial charge in [-0.05, 0) is 24.1 Å². The molecular formula is C11H16BrNO. The molecule has 78 valence electrons. The third-order valence-electron chi connectivity index (χ3n) is 2.25. The van der Waals surface area contributed by atoms with Crippen molar-refractivity contribution in [2.45, 2.75) is 31.9 Å². The van der Waals surface area contributed by atoms with Gasteiger partial charge in [0, 0.05) is 4.47 Å². The van der Waals surface area contributed by atoms with Crippen LogP contribution in [0.4, 0.5) is 0 Å². The standard InChI is InChI=1S/C11H16BrNO/c1-2-3-10(14)11(13)8-4-6-9(12)7-5-8/h4-7,10-11,14H,2-3,13H2,1H3/t10-,11+/m0/s1. The summed E-state index contributed by atoms with van der Waals surface area (Å²) in [6.07, 6.45) is 1.25. The van der Waals surface area contributed by atoms with Gasteiger partial charge in [-0.2, -0.15) is 0 Å². The van der Waals surface area contributed by atoms with Crippen LogP contribution in [0.25, 0.3) is 0 Å². The van der Waals surface area contributed by atoms with Gasteiger partial charge in [-0.25, -0.2) is 0 Å². The van der Waals surface area contributed by atoms with Gasteiger partial charge in [0.15, 0.2) is 0 Å².